The van der Waals surface area contributed by atoms with E-state index in [2.05, 4.69) is 15.0 Å². The first-order chi connectivity index (χ1) is 11.6. The smallest absolute Gasteiger partial charge is 0.223 e. The van der Waals surface area contributed by atoms with Crippen molar-refractivity contribution in [3.05, 3.63) is 42.4 Å². The van der Waals surface area contributed by atoms with Gasteiger partial charge in [0.05, 0.1) is 0 Å². The van der Waals surface area contributed by atoms with Crippen LogP contribution < -0.4 is 4.90 Å². The Morgan fingerprint density at radius 3 is 2.92 bits per heavy atom. The highest BCUT2D eigenvalue weighted by molar-refractivity contribution is 5.76. The summed E-state index contributed by atoms with van der Waals surface area (Å²) < 4.78 is 1.83. The van der Waals surface area contributed by atoms with Crippen LogP contribution in [0.2, 0.25) is 0 Å². The summed E-state index contributed by atoms with van der Waals surface area (Å²) in [6, 6.07) is 8.19. The van der Waals surface area contributed by atoms with Crippen LogP contribution in [0.5, 0.6) is 0 Å². The number of piperidine rings is 1. The molecule has 0 aliphatic carbocycles. The second-order valence-electron chi connectivity index (χ2n) is 6.38. The van der Waals surface area contributed by atoms with Gasteiger partial charge in [0.2, 0.25) is 5.91 Å². The van der Waals surface area contributed by atoms with Gasteiger partial charge in [-0.05, 0) is 37.5 Å². The molecule has 6 nitrogen and oxygen atoms in total. The fraction of sp³-hybridized carbons (Fsp3) is 0.500. The van der Waals surface area contributed by atoms with Crippen molar-refractivity contribution in [1.29, 1.82) is 0 Å². The molecule has 1 fully saturated rings. The minimum absolute atomic E-state index is 0.198. The zero-order valence-corrected chi connectivity index (χ0v) is 14.4. The summed E-state index contributed by atoms with van der Waals surface area (Å²) in [5, 5.41) is 4.15. The zero-order valence-electron chi connectivity index (χ0n) is 14.4. The van der Waals surface area contributed by atoms with Crippen LogP contribution in [0.3, 0.4) is 0 Å². The van der Waals surface area contributed by atoms with Crippen LogP contribution in [0.15, 0.2) is 36.7 Å². The third-order valence-electron chi connectivity index (χ3n) is 4.83. The Labute approximate surface area is 143 Å². The van der Waals surface area contributed by atoms with Gasteiger partial charge >= 0.3 is 0 Å². The molecule has 0 saturated carbocycles. The lowest BCUT2D eigenvalue weighted by Gasteiger charge is -2.38. The normalized spacial score (nSPS) is 17.8. The minimum atomic E-state index is 0.198. The molecule has 3 rings (SSSR count). The molecule has 1 saturated heterocycles. The molecule has 1 atom stereocenters. The summed E-state index contributed by atoms with van der Waals surface area (Å²) in [5.41, 5.74) is 1.09. The summed E-state index contributed by atoms with van der Waals surface area (Å²) in [4.78, 5) is 21.2. The van der Waals surface area contributed by atoms with Crippen molar-refractivity contribution in [1.82, 2.24) is 19.7 Å². The summed E-state index contributed by atoms with van der Waals surface area (Å²) in [7, 11) is 3.84. The summed E-state index contributed by atoms with van der Waals surface area (Å²) >= 11 is 0. The first-order valence-electron chi connectivity index (χ1n) is 8.53. The maximum atomic E-state index is 12.6. The number of pyridine rings is 1. The topological polar surface area (TPSA) is 54.3 Å². The van der Waals surface area contributed by atoms with Crippen molar-refractivity contribution in [3.8, 4) is 0 Å². The zero-order chi connectivity index (χ0) is 16.9. The van der Waals surface area contributed by atoms with Gasteiger partial charge in [0.1, 0.15) is 5.82 Å². The highest BCUT2D eigenvalue weighted by Gasteiger charge is 2.26. The molecule has 1 amide bonds. The molecule has 0 spiro atoms. The molecule has 0 unspecified atom stereocenters. The standard InChI is InChI=1S/C18H25N5O/c1-21(18(24)9-8-15-10-12-20-22(15)2)16-6-5-13-23(14-16)17-7-3-4-11-19-17/h3-4,7,10-12,16H,5-6,8-9,13-14H2,1-2H3/t16-/m0/s1. The van der Waals surface area contributed by atoms with Gasteiger partial charge in [-0.2, -0.15) is 5.10 Å². The molecule has 2 aromatic rings. The molecule has 6 heteroatoms. The largest absolute Gasteiger partial charge is 0.355 e. The molecule has 0 N–H and O–H groups in total. The Morgan fingerprint density at radius 1 is 1.33 bits per heavy atom. The molecule has 1 aliphatic heterocycles. The maximum absolute atomic E-state index is 12.6. The maximum Gasteiger partial charge on any atom is 0.223 e. The molecule has 0 aromatic carbocycles. The number of rotatable bonds is 5. The van der Waals surface area contributed by atoms with Gasteiger partial charge < -0.3 is 9.80 Å². The summed E-state index contributed by atoms with van der Waals surface area (Å²) in [6.45, 7) is 1.86. The predicted molar refractivity (Wildman–Crippen MR) is 93.8 cm³/mol. The second kappa shape index (κ2) is 7.47. The van der Waals surface area contributed by atoms with Gasteiger partial charge in [-0.25, -0.2) is 4.98 Å². The molecular formula is C18H25N5O. The van der Waals surface area contributed by atoms with Gasteiger partial charge in [-0.3, -0.25) is 9.48 Å². The third-order valence-corrected chi connectivity index (χ3v) is 4.83. The van der Waals surface area contributed by atoms with Crippen molar-refractivity contribution < 1.29 is 4.79 Å². The predicted octanol–water partition coefficient (Wildman–Crippen LogP) is 1.88. The number of hydrogen-bond acceptors (Lipinski definition) is 4. The molecule has 3 heterocycles. The van der Waals surface area contributed by atoms with Crippen LogP contribution in [-0.4, -0.2) is 51.8 Å². The number of aromatic nitrogens is 3. The number of aryl methyl sites for hydroxylation is 2. The molecule has 128 valence electrons. The highest BCUT2D eigenvalue weighted by atomic mass is 16.2. The Bertz CT molecular complexity index is 669. The Kier molecular flexibility index (Phi) is 5.13. The first-order valence-corrected chi connectivity index (χ1v) is 8.53. The molecule has 24 heavy (non-hydrogen) atoms. The first kappa shape index (κ1) is 16.5. The average molecular weight is 327 g/mol. The van der Waals surface area contributed by atoms with E-state index in [0.717, 1.165) is 43.9 Å². The fourth-order valence-corrected chi connectivity index (χ4v) is 3.28. The number of nitrogens with zero attached hydrogens (tertiary/aromatic N) is 5. The van der Waals surface area contributed by atoms with Gasteiger partial charge in [-0.15, -0.1) is 0 Å². The minimum Gasteiger partial charge on any atom is -0.355 e. The Balaban J connectivity index is 1.56. The van der Waals surface area contributed by atoms with Crippen molar-refractivity contribution in [3.63, 3.8) is 0 Å². The quantitative estimate of drug-likeness (QED) is 0.841. The number of hydrogen-bond donors (Lipinski definition) is 0. The van der Waals surface area contributed by atoms with E-state index in [1.54, 1.807) is 6.20 Å². The van der Waals surface area contributed by atoms with E-state index in [9.17, 15) is 4.79 Å². The van der Waals surface area contributed by atoms with Gasteiger partial charge in [0, 0.05) is 57.7 Å². The van der Waals surface area contributed by atoms with Crippen molar-refractivity contribution in [2.75, 3.05) is 25.0 Å². The van der Waals surface area contributed by atoms with Crippen LogP contribution in [0, 0.1) is 0 Å². The Hall–Kier alpha value is -2.37. The van der Waals surface area contributed by atoms with Crippen LogP contribution in [0.25, 0.3) is 0 Å². The lowest BCUT2D eigenvalue weighted by molar-refractivity contribution is -0.132. The second-order valence-corrected chi connectivity index (χ2v) is 6.38. The number of carbonyl (C=O) groups excluding carboxylic acids is 1. The SMILES string of the molecule is CN(C(=O)CCc1ccnn1C)[C@H]1CCCN(c2ccccn2)C1. The monoisotopic (exact) mass is 327 g/mol. The lowest BCUT2D eigenvalue weighted by Crippen LogP contribution is -2.49. The molecule has 1 aliphatic rings. The fourth-order valence-electron chi connectivity index (χ4n) is 3.28. The van der Waals surface area contributed by atoms with E-state index in [1.165, 1.54) is 0 Å². The van der Waals surface area contributed by atoms with E-state index in [4.69, 9.17) is 0 Å². The highest BCUT2D eigenvalue weighted by Crippen LogP contribution is 2.20. The number of amides is 1. The van der Waals surface area contributed by atoms with Gasteiger partial charge in [0.25, 0.3) is 0 Å². The number of anilines is 1. The van der Waals surface area contributed by atoms with E-state index in [-0.39, 0.29) is 11.9 Å². The third kappa shape index (κ3) is 3.75. The van der Waals surface area contributed by atoms with Gasteiger partial charge in [0.15, 0.2) is 0 Å². The molecule has 0 bridgehead atoms. The van der Waals surface area contributed by atoms with Crippen LogP contribution >= 0.6 is 0 Å². The lowest BCUT2D eigenvalue weighted by atomic mass is 10.0. The average Bonchev–Trinajstić information content (AvgIpc) is 3.05. The summed E-state index contributed by atoms with van der Waals surface area (Å²) in [6.07, 6.45) is 6.99. The van der Waals surface area contributed by atoms with Crippen molar-refractivity contribution in [2.45, 2.75) is 31.7 Å². The van der Waals surface area contributed by atoms with Crippen molar-refractivity contribution in [2.24, 2.45) is 7.05 Å². The molecule has 0 radical (unpaired) electrons. The Morgan fingerprint density at radius 2 is 2.21 bits per heavy atom. The van der Waals surface area contributed by atoms with E-state index in [0.29, 0.717) is 6.42 Å². The number of likely N-dealkylation sites (N-methyl/N-ethyl adjacent to an activating group) is 1. The number of carbonyl (C=O) groups is 1. The van der Waals surface area contributed by atoms with Crippen LogP contribution in [-0.2, 0) is 18.3 Å². The molecular weight excluding hydrogens is 302 g/mol. The molecule has 2 aromatic heterocycles. The van der Waals surface area contributed by atoms with Crippen LogP contribution in [0.1, 0.15) is 25.0 Å². The van der Waals surface area contributed by atoms with Gasteiger partial charge in [-0.1, -0.05) is 6.07 Å². The van der Waals surface area contributed by atoms with Crippen molar-refractivity contribution >= 4 is 11.7 Å². The van der Waals surface area contributed by atoms with E-state index in [1.807, 2.05) is 54.1 Å². The van der Waals surface area contributed by atoms with E-state index < -0.39 is 0 Å². The summed E-state index contributed by atoms with van der Waals surface area (Å²) in [5.74, 6) is 1.20. The van der Waals surface area contributed by atoms with E-state index >= 15 is 0 Å². The van der Waals surface area contributed by atoms with Crippen LogP contribution in [0.4, 0.5) is 5.82 Å².